The van der Waals surface area contributed by atoms with Gasteiger partial charge in [0.1, 0.15) is 5.56 Å². The highest BCUT2D eigenvalue weighted by molar-refractivity contribution is 7.16. The first-order valence-corrected chi connectivity index (χ1v) is 10.6. The van der Waals surface area contributed by atoms with Gasteiger partial charge in [-0.1, -0.05) is 0 Å². The van der Waals surface area contributed by atoms with Gasteiger partial charge >= 0.3 is 0 Å². The van der Waals surface area contributed by atoms with Gasteiger partial charge in [-0.2, -0.15) is 0 Å². The van der Waals surface area contributed by atoms with E-state index in [0.717, 1.165) is 42.2 Å². The number of amides is 1. The van der Waals surface area contributed by atoms with Gasteiger partial charge < -0.3 is 15.4 Å². The van der Waals surface area contributed by atoms with Crippen LogP contribution < -0.4 is 10.9 Å². The van der Waals surface area contributed by atoms with Gasteiger partial charge in [-0.15, -0.1) is 11.3 Å². The second kappa shape index (κ2) is 8.48. The molecule has 9 heteroatoms. The molecule has 154 valence electrons. The molecule has 4 heterocycles. The lowest BCUT2D eigenvalue weighted by Gasteiger charge is -2.23. The van der Waals surface area contributed by atoms with E-state index in [2.05, 4.69) is 20.2 Å². The summed E-state index contributed by atoms with van der Waals surface area (Å²) in [5, 5.41) is 12.0. The van der Waals surface area contributed by atoms with Crippen molar-refractivity contribution in [2.45, 2.75) is 45.3 Å². The molecule has 1 saturated heterocycles. The summed E-state index contributed by atoms with van der Waals surface area (Å²) in [5.74, 6) is -0.412. The molecule has 0 spiro atoms. The van der Waals surface area contributed by atoms with Gasteiger partial charge in [0.05, 0.1) is 12.2 Å². The number of nitrogens with zero attached hydrogens (tertiary/aromatic N) is 3. The topological polar surface area (TPSA) is 103 Å². The number of rotatable bonds is 7. The summed E-state index contributed by atoms with van der Waals surface area (Å²) in [7, 11) is 0. The van der Waals surface area contributed by atoms with Crippen LogP contribution in [0.5, 0.6) is 0 Å². The number of aliphatic hydroxyl groups excluding tert-OH is 1. The third kappa shape index (κ3) is 4.42. The number of aryl methyl sites for hydroxylation is 1. The molecular weight excluding hydrogens is 390 g/mol. The number of H-pyrrole nitrogens is 1. The molecule has 0 bridgehead atoms. The van der Waals surface area contributed by atoms with Crippen molar-refractivity contribution in [3.8, 4) is 0 Å². The summed E-state index contributed by atoms with van der Waals surface area (Å²) < 4.78 is 1.94. The second-order valence-electron chi connectivity index (χ2n) is 7.45. The predicted molar refractivity (Wildman–Crippen MR) is 111 cm³/mol. The maximum atomic E-state index is 12.4. The Morgan fingerprint density at radius 1 is 1.41 bits per heavy atom. The van der Waals surface area contributed by atoms with Gasteiger partial charge in [0, 0.05) is 42.2 Å². The third-order valence-corrected chi connectivity index (χ3v) is 6.21. The van der Waals surface area contributed by atoms with Crippen LogP contribution in [0, 0.1) is 6.92 Å². The number of aromatic nitrogens is 3. The summed E-state index contributed by atoms with van der Waals surface area (Å²) in [4.78, 5) is 36.5. The smallest absolute Gasteiger partial charge is 0.261 e. The number of fused-ring (bicyclic) bond motifs is 1. The van der Waals surface area contributed by atoms with E-state index in [4.69, 9.17) is 0 Å². The van der Waals surface area contributed by atoms with Crippen molar-refractivity contribution in [3.63, 3.8) is 0 Å². The van der Waals surface area contributed by atoms with Crippen molar-refractivity contribution in [3.05, 3.63) is 56.7 Å². The van der Waals surface area contributed by atoms with Crippen LogP contribution in [0.3, 0.4) is 0 Å². The van der Waals surface area contributed by atoms with E-state index in [9.17, 15) is 14.7 Å². The Morgan fingerprint density at radius 3 is 3.03 bits per heavy atom. The van der Waals surface area contributed by atoms with Gasteiger partial charge in [-0.25, -0.2) is 4.98 Å². The van der Waals surface area contributed by atoms with Crippen molar-refractivity contribution in [1.29, 1.82) is 0 Å². The van der Waals surface area contributed by atoms with Crippen LogP contribution in [0.15, 0.2) is 29.3 Å². The van der Waals surface area contributed by atoms with Crippen molar-refractivity contribution in [2.24, 2.45) is 0 Å². The zero-order chi connectivity index (χ0) is 20.4. The molecular formula is C20H25N5O3S. The quantitative estimate of drug-likeness (QED) is 0.545. The van der Waals surface area contributed by atoms with Crippen molar-refractivity contribution in [1.82, 2.24) is 24.6 Å². The molecule has 0 radical (unpaired) electrons. The molecule has 0 unspecified atom stereocenters. The number of nitrogens with one attached hydrogen (secondary N) is 2. The average Bonchev–Trinajstić information content (AvgIpc) is 3.35. The molecule has 0 aliphatic carbocycles. The maximum Gasteiger partial charge on any atom is 0.261 e. The van der Waals surface area contributed by atoms with Crippen LogP contribution >= 0.6 is 11.3 Å². The summed E-state index contributed by atoms with van der Waals surface area (Å²) in [6, 6.07) is 3.72. The number of carbonyl (C=O) groups is 1. The summed E-state index contributed by atoms with van der Waals surface area (Å²) >= 11 is 1.59. The Labute approximate surface area is 172 Å². The highest BCUT2D eigenvalue weighted by atomic mass is 32.1. The number of carbonyl (C=O) groups excluding carboxylic acids is 1. The lowest BCUT2D eigenvalue weighted by atomic mass is 10.1. The van der Waals surface area contributed by atoms with Crippen LogP contribution in [0.1, 0.15) is 45.9 Å². The molecule has 3 aromatic heterocycles. The van der Waals surface area contributed by atoms with E-state index in [1.54, 1.807) is 23.5 Å². The predicted octanol–water partition coefficient (Wildman–Crippen LogP) is 1.67. The number of aliphatic hydroxyl groups is 1. The van der Waals surface area contributed by atoms with Gasteiger partial charge in [-0.05, 0) is 44.9 Å². The van der Waals surface area contributed by atoms with Crippen LogP contribution in [0.4, 0.5) is 0 Å². The van der Waals surface area contributed by atoms with E-state index >= 15 is 0 Å². The Balaban J connectivity index is 1.38. The van der Waals surface area contributed by atoms with E-state index in [1.807, 2.05) is 23.7 Å². The highest BCUT2D eigenvalue weighted by Gasteiger charge is 2.24. The summed E-state index contributed by atoms with van der Waals surface area (Å²) in [6.45, 7) is 4.03. The molecule has 0 aromatic carbocycles. The molecule has 3 N–H and O–H groups in total. The van der Waals surface area contributed by atoms with E-state index in [0.29, 0.717) is 12.6 Å². The fourth-order valence-corrected chi connectivity index (χ4v) is 4.72. The molecule has 3 aromatic rings. The first-order chi connectivity index (χ1) is 14.0. The molecule has 1 fully saturated rings. The minimum absolute atomic E-state index is 0.0962. The Morgan fingerprint density at radius 2 is 2.28 bits per heavy atom. The largest absolute Gasteiger partial charge is 0.396 e. The van der Waals surface area contributed by atoms with Crippen molar-refractivity contribution < 1.29 is 9.90 Å². The molecule has 1 aliphatic heterocycles. The summed E-state index contributed by atoms with van der Waals surface area (Å²) in [6.07, 6.45) is 6.78. The number of thiazole rings is 1. The fraction of sp³-hybridized carbons (Fsp3) is 0.450. The Kier molecular flexibility index (Phi) is 5.79. The minimum Gasteiger partial charge on any atom is -0.396 e. The third-order valence-electron chi connectivity index (χ3n) is 5.30. The number of aromatic amines is 1. The fourth-order valence-electron chi connectivity index (χ4n) is 3.89. The molecule has 0 saturated carbocycles. The molecule has 1 atom stereocenters. The van der Waals surface area contributed by atoms with E-state index in [-0.39, 0.29) is 24.3 Å². The summed E-state index contributed by atoms with van der Waals surface area (Å²) in [5.41, 5.74) is 1.24. The SMILES string of the molecule is Cc1cn2cc(CNC(=O)c3ccc(CN4CCC[C@H]4CCO)[nH]c3=O)nc2s1. The first kappa shape index (κ1) is 19.8. The molecule has 1 amide bonds. The van der Waals surface area contributed by atoms with Crippen LogP contribution in [-0.2, 0) is 13.1 Å². The van der Waals surface area contributed by atoms with Gasteiger partial charge in [0.15, 0.2) is 4.96 Å². The van der Waals surface area contributed by atoms with Crippen LogP contribution in [0.25, 0.3) is 4.96 Å². The molecule has 8 nitrogen and oxygen atoms in total. The van der Waals surface area contributed by atoms with E-state index < -0.39 is 5.91 Å². The molecule has 29 heavy (non-hydrogen) atoms. The first-order valence-electron chi connectivity index (χ1n) is 9.83. The number of hydrogen-bond acceptors (Lipinski definition) is 6. The lowest BCUT2D eigenvalue weighted by molar-refractivity contribution is 0.0949. The number of likely N-dealkylation sites (tertiary alicyclic amines) is 1. The van der Waals surface area contributed by atoms with Gasteiger partial charge in [-0.3, -0.25) is 18.9 Å². The zero-order valence-electron chi connectivity index (χ0n) is 16.4. The maximum absolute atomic E-state index is 12.4. The standard InChI is InChI=1S/C20H25N5O3S/c1-13-10-25-12-15(23-20(25)29-13)9-21-18(27)17-5-4-14(22-19(17)28)11-24-7-2-3-16(24)6-8-26/h4-5,10,12,16,26H,2-3,6-9,11H2,1H3,(H,21,27)(H,22,28)/t16-/m0/s1. The van der Waals surface area contributed by atoms with Gasteiger partial charge in [0.25, 0.3) is 11.5 Å². The van der Waals surface area contributed by atoms with Gasteiger partial charge in [0.2, 0.25) is 0 Å². The number of hydrogen-bond donors (Lipinski definition) is 3. The lowest BCUT2D eigenvalue weighted by Crippen LogP contribution is -2.32. The molecule has 1 aliphatic rings. The van der Waals surface area contributed by atoms with Crippen LogP contribution in [-0.4, -0.2) is 49.5 Å². The van der Waals surface area contributed by atoms with Crippen LogP contribution in [0.2, 0.25) is 0 Å². The van der Waals surface area contributed by atoms with E-state index in [1.165, 1.54) is 4.88 Å². The average molecular weight is 416 g/mol. The monoisotopic (exact) mass is 415 g/mol. The number of imidazole rings is 1. The minimum atomic E-state index is -0.412. The zero-order valence-corrected chi connectivity index (χ0v) is 17.2. The van der Waals surface area contributed by atoms with Crippen molar-refractivity contribution >= 4 is 22.2 Å². The number of pyridine rings is 1. The highest BCUT2D eigenvalue weighted by Crippen LogP contribution is 2.21. The Hall–Kier alpha value is -2.49. The second-order valence-corrected chi connectivity index (χ2v) is 8.66. The van der Waals surface area contributed by atoms with Crippen molar-refractivity contribution in [2.75, 3.05) is 13.2 Å². The normalized spacial score (nSPS) is 17.2. The molecule has 4 rings (SSSR count). The Bertz CT molecular complexity index is 1040.